The molecule has 1 aliphatic rings. The van der Waals surface area contributed by atoms with Crippen molar-refractivity contribution in [1.29, 1.82) is 0 Å². The number of aliphatic hydroxyl groups excluding tert-OH is 1. The number of sulfonamides is 1. The lowest BCUT2D eigenvalue weighted by Gasteiger charge is -2.19. The summed E-state index contributed by atoms with van der Waals surface area (Å²) < 4.78 is 48.5. The zero-order chi connectivity index (χ0) is 15.6. The van der Waals surface area contributed by atoms with Crippen LogP contribution in [0.25, 0.3) is 0 Å². The minimum atomic E-state index is -3.67. The first-order valence-corrected chi connectivity index (χ1v) is 10.7. The summed E-state index contributed by atoms with van der Waals surface area (Å²) in [5.74, 6) is 0. The quantitative estimate of drug-likeness (QED) is 0.540. The summed E-state index contributed by atoms with van der Waals surface area (Å²) in [5.41, 5.74) is 0. The Morgan fingerprint density at radius 3 is 2.00 bits per heavy atom. The van der Waals surface area contributed by atoms with Gasteiger partial charge in [0, 0.05) is 11.4 Å². The summed E-state index contributed by atoms with van der Waals surface area (Å²) in [6.07, 6.45) is 2.69. The summed E-state index contributed by atoms with van der Waals surface area (Å²) in [7, 11) is -7.35. The molecule has 0 aromatic rings. The molecule has 0 fully saturated rings. The molecule has 2 N–H and O–H groups in total. The monoisotopic (exact) mass is 515 g/mol. The van der Waals surface area contributed by atoms with Crippen LogP contribution in [-0.4, -0.2) is 36.6 Å². The van der Waals surface area contributed by atoms with Crippen LogP contribution in [0.2, 0.25) is 0 Å². The highest BCUT2D eigenvalue weighted by Crippen LogP contribution is 2.44. The van der Waals surface area contributed by atoms with Crippen LogP contribution in [-0.2, 0) is 19.9 Å². The van der Waals surface area contributed by atoms with Gasteiger partial charge in [-0.2, -0.15) is 0 Å². The number of nitrogens with one attached hydrogen (secondary N) is 1. The minimum Gasteiger partial charge on any atom is -0.395 e. The molecule has 6 nitrogen and oxygen atoms in total. The Labute approximate surface area is 143 Å². The van der Waals surface area contributed by atoms with Gasteiger partial charge in [0.25, 0.3) is 0 Å². The third-order valence-corrected chi connectivity index (χ3v) is 9.56. The average molecular weight is 518 g/mol. The van der Waals surface area contributed by atoms with E-state index in [-0.39, 0.29) is 35.8 Å². The second kappa shape index (κ2) is 6.88. The van der Waals surface area contributed by atoms with E-state index in [1.807, 2.05) is 0 Å². The van der Waals surface area contributed by atoms with Crippen LogP contribution < -0.4 is 4.72 Å². The Balaban J connectivity index is 3.04. The topological polar surface area (TPSA) is 101 Å². The molecule has 0 spiro atoms. The van der Waals surface area contributed by atoms with Gasteiger partial charge in [0.2, 0.25) is 21.3 Å². The molecule has 20 heavy (non-hydrogen) atoms. The first kappa shape index (κ1) is 18.8. The van der Waals surface area contributed by atoms with E-state index in [1.165, 1.54) is 12.2 Å². The molecule has 0 aliphatic heterocycles. The highest BCUT2D eigenvalue weighted by atomic mass is 80.0. The van der Waals surface area contributed by atoms with E-state index in [9.17, 15) is 16.8 Å². The molecule has 0 amide bonds. The maximum atomic E-state index is 12.1. The highest BCUT2D eigenvalue weighted by molar-refractivity contribution is 9.42. The maximum Gasteiger partial charge on any atom is 0.239 e. The molecule has 116 valence electrons. The number of aliphatic hydroxyl groups is 1. The Morgan fingerprint density at radius 1 is 1.10 bits per heavy atom. The van der Waals surface area contributed by atoms with E-state index in [4.69, 9.17) is 5.11 Å². The second-order valence-electron chi connectivity index (χ2n) is 3.84. The number of alkyl halides is 3. The predicted octanol–water partition coefficient (Wildman–Crippen LogP) is 1.67. The van der Waals surface area contributed by atoms with Crippen molar-refractivity contribution in [2.24, 2.45) is 0 Å². The molecule has 1 aliphatic carbocycles. The first-order valence-electron chi connectivity index (χ1n) is 5.34. The lowest BCUT2D eigenvalue weighted by Crippen LogP contribution is -2.29. The van der Waals surface area contributed by atoms with E-state index >= 15 is 0 Å². The molecule has 0 bridgehead atoms. The largest absolute Gasteiger partial charge is 0.395 e. The fourth-order valence-electron chi connectivity index (χ4n) is 1.47. The summed E-state index contributed by atoms with van der Waals surface area (Å²) in [6.45, 7) is -0.386. The van der Waals surface area contributed by atoms with Crippen LogP contribution in [0.1, 0.15) is 12.8 Å². The van der Waals surface area contributed by atoms with E-state index in [0.29, 0.717) is 0 Å². The van der Waals surface area contributed by atoms with Gasteiger partial charge in [0.05, 0.1) is 11.5 Å². The van der Waals surface area contributed by atoms with Crippen LogP contribution in [0.4, 0.5) is 0 Å². The van der Waals surface area contributed by atoms with Crippen LogP contribution >= 0.6 is 47.8 Å². The van der Waals surface area contributed by atoms with Gasteiger partial charge in [0.1, 0.15) is 0 Å². The Morgan fingerprint density at radius 2 is 1.60 bits per heavy atom. The fraction of sp³-hybridized carbons (Fsp3) is 0.556. The second-order valence-corrected chi connectivity index (χ2v) is 16.1. The number of allylic oxidation sites excluding steroid dienone is 4. The number of halogens is 3. The Kier molecular flexibility index (Phi) is 6.46. The SMILES string of the molecule is O=S(=O)(NCCO)C1=CC=C(S(=O)(=O)C(Br)(Br)Br)CC1. The van der Waals surface area contributed by atoms with Gasteiger partial charge in [0.15, 0.2) is 0 Å². The Bertz CT molecular complexity index is 631. The van der Waals surface area contributed by atoms with Crippen LogP contribution in [0, 0.1) is 0 Å². The van der Waals surface area contributed by atoms with Crippen LogP contribution in [0.5, 0.6) is 0 Å². The zero-order valence-corrected chi connectivity index (χ0v) is 16.4. The number of sulfone groups is 1. The third-order valence-electron chi connectivity index (χ3n) is 2.47. The molecule has 0 unspecified atom stereocenters. The molecule has 0 saturated carbocycles. The summed E-state index contributed by atoms with van der Waals surface area (Å²) in [4.78, 5) is 0.207. The van der Waals surface area contributed by atoms with E-state index < -0.39 is 21.3 Å². The summed E-state index contributed by atoms with van der Waals surface area (Å²) >= 11 is 8.85. The first-order chi connectivity index (χ1) is 9.02. The average Bonchev–Trinajstić information content (AvgIpc) is 2.35. The van der Waals surface area contributed by atoms with Gasteiger partial charge >= 0.3 is 0 Å². The lowest BCUT2D eigenvalue weighted by molar-refractivity contribution is 0.301. The number of hydrogen-bond acceptors (Lipinski definition) is 5. The van der Waals surface area contributed by atoms with E-state index in [0.717, 1.165) is 0 Å². The number of hydrogen-bond donors (Lipinski definition) is 2. The summed E-state index contributed by atoms with van der Waals surface area (Å²) in [6, 6.07) is 0. The summed E-state index contributed by atoms with van der Waals surface area (Å²) in [5, 5.41) is 8.61. The van der Waals surface area contributed by atoms with Crippen molar-refractivity contribution in [2.75, 3.05) is 13.2 Å². The van der Waals surface area contributed by atoms with Crippen molar-refractivity contribution in [2.45, 2.75) is 14.3 Å². The molecule has 0 aromatic heterocycles. The van der Waals surface area contributed by atoms with Gasteiger partial charge in [-0.3, -0.25) is 0 Å². The van der Waals surface area contributed by atoms with Gasteiger partial charge in [-0.15, -0.1) is 0 Å². The fourth-order valence-corrected chi connectivity index (χ4v) is 5.42. The molecule has 1 rings (SSSR count). The highest BCUT2D eigenvalue weighted by Gasteiger charge is 2.39. The third kappa shape index (κ3) is 4.37. The molecule has 11 heteroatoms. The van der Waals surface area contributed by atoms with Gasteiger partial charge < -0.3 is 5.11 Å². The maximum absolute atomic E-state index is 12.1. The van der Waals surface area contributed by atoms with Crippen molar-refractivity contribution in [3.8, 4) is 0 Å². The van der Waals surface area contributed by atoms with Gasteiger partial charge in [-0.25, -0.2) is 21.6 Å². The van der Waals surface area contributed by atoms with Crippen molar-refractivity contribution < 1.29 is 21.9 Å². The van der Waals surface area contributed by atoms with Crippen molar-refractivity contribution >= 4 is 67.7 Å². The molecule has 0 aromatic carbocycles. The van der Waals surface area contributed by atoms with Crippen molar-refractivity contribution in [3.05, 3.63) is 22.0 Å². The van der Waals surface area contributed by atoms with E-state index in [1.54, 1.807) is 0 Å². The zero-order valence-electron chi connectivity index (χ0n) is 10.0. The van der Waals surface area contributed by atoms with Gasteiger partial charge in [-0.05, 0) is 72.8 Å². The number of rotatable bonds is 5. The molecule has 0 heterocycles. The molecule has 0 saturated heterocycles. The Hall–Kier alpha value is 0.740. The predicted molar refractivity (Wildman–Crippen MR) is 87.8 cm³/mol. The van der Waals surface area contributed by atoms with Crippen LogP contribution in [0.3, 0.4) is 0 Å². The smallest absolute Gasteiger partial charge is 0.239 e. The van der Waals surface area contributed by atoms with E-state index in [2.05, 4.69) is 52.5 Å². The molecule has 0 radical (unpaired) electrons. The van der Waals surface area contributed by atoms with Crippen LogP contribution in [0.15, 0.2) is 22.0 Å². The molecular weight excluding hydrogens is 506 g/mol. The standard InChI is InChI=1S/C9H12Br3NO5S2/c10-9(11,12)19(15,16)7-1-3-8(4-2-7)20(17,18)13-5-6-14/h1,3,13-14H,2,4-6H2. The molecule has 0 atom stereocenters. The molecular formula is C9H12Br3NO5S2. The normalized spacial score (nSPS) is 17.6. The van der Waals surface area contributed by atoms with Gasteiger partial charge in [-0.1, -0.05) is 0 Å². The minimum absolute atomic E-state index is 0.0783. The lowest BCUT2D eigenvalue weighted by atomic mass is 10.2. The van der Waals surface area contributed by atoms with Crippen molar-refractivity contribution in [3.63, 3.8) is 0 Å². The van der Waals surface area contributed by atoms with Crippen molar-refractivity contribution in [1.82, 2.24) is 4.72 Å².